The van der Waals surface area contributed by atoms with Crippen LogP contribution in [0.25, 0.3) is 16.3 Å². The Morgan fingerprint density at radius 2 is 1.75 bits per heavy atom. The van der Waals surface area contributed by atoms with E-state index >= 15 is 0 Å². The number of hydrogen-bond donors (Lipinski definition) is 0. The second-order valence-electron chi connectivity index (χ2n) is 6.34. The molecule has 4 rings (SSSR count). The minimum Gasteiger partial charge on any atom is -0.497 e. The lowest BCUT2D eigenvalue weighted by Crippen LogP contribution is -2.07. The van der Waals surface area contributed by atoms with E-state index in [9.17, 15) is 9.59 Å². The van der Waals surface area contributed by atoms with E-state index in [2.05, 4.69) is 0 Å². The highest BCUT2D eigenvalue weighted by atomic mass is 16.5. The molecule has 4 aromatic rings. The first-order chi connectivity index (χ1) is 13.6. The molecule has 0 aliphatic heterocycles. The van der Waals surface area contributed by atoms with Crippen LogP contribution in [-0.2, 0) is 4.74 Å². The monoisotopic (exact) mass is 373 g/mol. The van der Waals surface area contributed by atoms with Gasteiger partial charge >= 0.3 is 5.97 Å². The van der Waals surface area contributed by atoms with Crippen molar-refractivity contribution < 1.29 is 19.1 Å². The number of carbonyl (C=O) groups is 2. The number of esters is 1. The summed E-state index contributed by atoms with van der Waals surface area (Å²) in [5.41, 5.74) is 2.02. The van der Waals surface area contributed by atoms with Crippen LogP contribution >= 0.6 is 0 Å². The number of ether oxygens (including phenoxy) is 2. The molecule has 0 fully saturated rings. The fraction of sp³-hybridized carbons (Fsp3) is 0.130. The van der Waals surface area contributed by atoms with Gasteiger partial charge in [-0.25, -0.2) is 4.79 Å². The SMILES string of the molecule is CCOC(=O)c1cc(C(=O)c2ccc(OC)cc2)c2c3ccccc3ccn12. The predicted octanol–water partition coefficient (Wildman–Crippen LogP) is 4.51. The molecule has 0 atom stereocenters. The molecule has 0 amide bonds. The topological polar surface area (TPSA) is 57.0 Å². The maximum Gasteiger partial charge on any atom is 0.355 e. The smallest absolute Gasteiger partial charge is 0.355 e. The lowest BCUT2D eigenvalue weighted by atomic mass is 10.0. The van der Waals surface area contributed by atoms with Gasteiger partial charge in [-0.15, -0.1) is 0 Å². The van der Waals surface area contributed by atoms with Gasteiger partial charge in [0.05, 0.1) is 19.2 Å². The van der Waals surface area contributed by atoms with E-state index in [1.807, 2.05) is 30.3 Å². The van der Waals surface area contributed by atoms with E-state index in [1.165, 1.54) is 0 Å². The number of rotatable bonds is 5. The number of methoxy groups -OCH3 is 1. The molecule has 0 aliphatic rings. The Hall–Kier alpha value is -3.60. The summed E-state index contributed by atoms with van der Waals surface area (Å²) in [5, 5.41) is 1.89. The van der Waals surface area contributed by atoms with Crippen molar-refractivity contribution in [2.75, 3.05) is 13.7 Å². The third kappa shape index (κ3) is 2.91. The van der Waals surface area contributed by atoms with Crippen molar-refractivity contribution in [2.24, 2.45) is 0 Å². The maximum absolute atomic E-state index is 13.3. The number of fused-ring (bicyclic) bond motifs is 3. The van der Waals surface area contributed by atoms with Crippen LogP contribution < -0.4 is 4.74 Å². The summed E-state index contributed by atoms with van der Waals surface area (Å²) in [7, 11) is 1.58. The van der Waals surface area contributed by atoms with Gasteiger partial charge in [0, 0.05) is 22.7 Å². The molecule has 0 N–H and O–H groups in total. The van der Waals surface area contributed by atoms with E-state index in [-0.39, 0.29) is 12.4 Å². The van der Waals surface area contributed by atoms with Crippen LogP contribution in [0.15, 0.2) is 66.9 Å². The number of benzene rings is 2. The number of pyridine rings is 1. The predicted molar refractivity (Wildman–Crippen MR) is 107 cm³/mol. The molecule has 28 heavy (non-hydrogen) atoms. The van der Waals surface area contributed by atoms with Crippen molar-refractivity contribution in [3.63, 3.8) is 0 Å². The summed E-state index contributed by atoms with van der Waals surface area (Å²) >= 11 is 0. The van der Waals surface area contributed by atoms with Crippen molar-refractivity contribution in [2.45, 2.75) is 6.92 Å². The molecule has 140 valence electrons. The molecule has 2 aromatic carbocycles. The first-order valence-corrected chi connectivity index (χ1v) is 9.02. The minimum absolute atomic E-state index is 0.160. The molecule has 0 radical (unpaired) electrons. The zero-order valence-electron chi connectivity index (χ0n) is 15.6. The molecule has 5 heteroatoms. The number of carbonyl (C=O) groups excluding carboxylic acids is 2. The fourth-order valence-corrected chi connectivity index (χ4v) is 3.40. The van der Waals surface area contributed by atoms with E-state index in [0.29, 0.717) is 28.1 Å². The van der Waals surface area contributed by atoms with Gasteiger partial charge in [0.1, 0.15) is 11.4 Å². The van der Waals surface area contributed by atoms with Gasteiger partial charge in [-0.05, 0) is 48.7 Å². The molecule has 2 heterocycles. The van der Waals surface area contributed by atoms with Crippen LogP contribution in [0.1, 0.15) is 33.3 Å². The summed E-state index contributed by atoms with van der Waals surface area (Å²) in [6.45, 7) is 2.02. The van der Waals surface area contributed by atoms with E-state index < -0.39 is 5.97 Å². The molecule has 0 saturated carbocycles. The van der Waals surface area contributed by atoms with Gasteiger partial charge in [0.2, 0.25) is 0 Å². The zero-order chi connectivity index (χ0) is 19.7. The molecular formula is C23H19NO4. The van der Waals surface area contributed by atoms with Gasteiger partial charge in [-0.3, -0.25) is 4.79 Å². The van der Waals surface area contributed by atoms with E-state index in [1.54, 1.807) is 55.0 Å². The molecule has 0 unspecified atom stereocenters. The largest absolute Gasteiger partial charge is 0.497 e. The van der Waals surface area contributed by atoms with E-state index in [0.717, 1.165) is 10.8 Å². The van der Waals surface area contributed by atoms with Crippen LogP contribution in [0.5, 0.6) is 5.75 Å². The number of nitrogens with zero attached hydrogens (tertiary/aromatic N) is 1. The van der Waals surface area contributed by atoms with Crippen LogP contribution in [0.2, 0.25) is 0 Å². The Balaban J connectivity index is 1.96. The van der Waals surface area contributed by atoms with Gasteiger partial charge in [-0.2, -0.15) is 0 Å². The van der Waals surface area contributed by atoms with Crippen LogP contribution in [-0.4, -0.2) is 29.9 Å². The maximum atomic E-state index is 13.3. The second-order valence-corrected chi connectivity index (χ2v) is 6.34. The molecule has 5 nitrogen and oxygen atoms in total. The highest BCUT2D eigenvalue weighted by Gasteiger charge is 2.22. The van der Waals surface area contributed by atoms with Crippen LogP contribution in [0, 0.1) is 0 Å². The average Bonchev–Trinajstić information content (AvgIpc) is 3.14. The number of hydrogen-bond acceptors (Lipinski definition) is 4. The third-order valence-corrected chi connectivity index (χ3v) is 4.74. The van der Waals surface area contributed by atoms with Crippen molar-refractivity contribution >= 4 is 28.0 Å². The molecule has 0 saturated heterocycles. The Bertz CT molecular complexity index is 1190. The average molecular weight is 373 g/mol. The van der Waals surface area contributed by atoms with Gasteiger partial charge in [-0.1, -0.05) is 24.3 Å². The Morgan fingerprint density at radius 1 is 1.00 bits per heavy atom. The Morgan fingerprint density at radius 3 is 2.46 bits per heavy atom. The van der Waals surface area contributed by atoms with Crippen LogP contribution in [0.3, 0.4) is 0 Å². The fourth-order valence-electron chi connectivity index (χ4n) is 3.40. The summed E-state index contributed by atoms with van der Waals surface area (Å²) in [5.74, 6) is 0.0598. The van der Waals surface area contributed by atoms with Gasteiger partial charge in [0.15, 0.2) is 5.78 Å². The second kappa shape index (κ2) is 7.19. The first-order valence-electron chi connectivity index (χ1n) is 9.02. The lowest BCUT2D eigenvalue weighted by molar-refractivity contribution is 0.0518. The van der Waals surface area contributed by atoms with Crippen LogP contribution in [0.4, 0.5) is 0 Å². The molecule has 2 aromatic heterocycles. The highest BCUT2D eigenvalue weighted by molar-refractivity contribution is 6.18. The van der Waals surface area contributed by atoms with Crippen molar-refractivity contribution in [1.29, 1.82) is 0 Å². The lowest BCUT2D eigenvalue weighted by Gasteiger charge is -2.07. The minimum atomic E-state index is -0.457. The Labute approximate surface area is 162 Å². The van der Waals surface area contributed by atoms with Crippen molar-refractivity contribution in [3.8, 4) is 5.75 Å². The standard InChI is InChI=1S/C23H19NO4/c1-3-28-23(26)20-14-19(22(25)16-8-10-17(27-2)11-9-16)21-18-7-5-4-6-15(18)12-13-24(20)21/h4-14H,3H2,1-2H3. The Kier molecular flexibility index (Phi) is 4.57. The zero-order valence-corrected chi connectivity index (χ0v) is 15.6. The molecule has 0 aliphatic carbocycles. The summed E-state index contributed by atoms with van der Waals surface area (Å²) in [6, 6.07) is 18.3. The quantitative estimate of drug-likeness (QED) is 0.382. The number of aromatic nitrogens is 1. The van der Waals surface area contributed by atoms with E-state index in [4.69, 9.17) is 9.47 Å². The molecular weight excluding hydrogens is 354 g/mol. The summed E-state index contributed by atoms with van der Waals surface area (Å²) in [4.78, 5) is 25.8. The normalized spacial score (nSPS) is 10.9. The summed E-state index contributed by atoms with van der Waals surface area (Å²) in [6.07, 6.45) is 1.80. The van der Waals surface area contributed by atoms with Gasteiger partial charge < -0.3 is 13.9 Å². The van der Waals surface area contributed by atoms with Crippen molar-refractivity contribution in [3.05, 3.63) is 83.7 Å². The van der Waals surface area contributed by atoms with Gasteiger partial charge in [0.25, 0.3) is 0 Å². The third-order valence-electron chi connectivity index (χ3n) is 4.74. The van der Waals surface area contributed by atoms with Crippen molar-refractivity contribution in [1.82, 2.24) is 4.40 Å². The highest BCUT2D eigenvalue weighted by Crippen LogP contribution is 2.29. The molecule has 0 spiro atoms. The number of ketones is 1. The molecule has 0 bridgehead atoms. The summed E-state index contributed by atoms with van der Waals surface area (Å²) < 4.78 is 12.1. The first kappa shape index (κ1) is 17.8.